The lowest BCUT2D eigenvalue weighted by atomic mass is 10.1. The molecule has 0 aliphatic carbocycles. The van der Waals surface area contributed by atoms with Crippen molar-refractivity contribution in [3.63, 3.8) is 0 Å². The normalized spacial score (nSPS) is 12.1. The number of hydrogen-bond donors (Lipinski definition) is 2. The summed E-state index contributed by atoms with van der Waals surface area (Å²) in [5.41, 5.74) is 5.08. The van der Waals surface area contributed by atoms with Gasteiger partial charge >= 0.3 is 5.69 Å². The summed E-state index contributed by atoms with van der Waals surface area (Å²) >= 11 is 0. The predicted molar refractivity (Wildman–Crippen MR) is 52.7 cm³/mol. The van der Waals surface area contributed by atoms with Crippen molar-refractivity contribution < 1.29 is 14.8 Å². The van der Waals surface area contributed by atoms with Gasteiger partial charge in [-0.25, -0.2) is 0 Å². The number of aromatic hydroxyl groups is 1. The van der Waals surface area contributed by atoms with Crippen molar-refractivity contribution in [2.45, 2.75) is 13.0 Å². The maximum absolute atomic E-state index is 11.4. The van der Waals surface area contributed by atoms with E-state index in [9.17, 15) is 20.0 Å². The molecule has 0 radical (unpaired) electrons. The van der Waals surface area contributed by atoms with Gasteiger partial charge in [0.15, 0.2) is 11.5 Å². The topological polar surface area (TPSA) is 106 Å². The first-order valence-corrected chi connectivity index (χ1v) is 4.20. The molecular formula is C9H10N2O4. The number of nitro groups is 1. The summed E-state index contributed by atoms with van der Waals surface area (Å²) in [5, 5.41) is 19.6. The maximum atomic E-state index is 11.4. The third-order valence-electron chi connectivity index (χ3n) is 1.87. The van der Waals surface area contributed by atoms with Crippen LogP contribution in [0.3, 0.4) is 0 Å². The number of phenols is 1. The van der Waals surface area contributed by atoms with Gasteiger partial charge in [-0.15, -0.1) is 0 Å². The zero-order valence-corrected chi connectivity index (χ0v) is 8.01. The lowest BCUT2D eigenvalue weighted by molar-refractivity contribution is -0.385. The van der Waals surface area contributed by atoms with E-state index in [2.05, 4.69) is 0 Å². The summed E-state index contributed by atoms with van der Waals surface area (Å²) < 4.78 is 0. The Balaban J connectivity index is 3.12. The van der Waals surface area contributed by atoms with E-state index in [0.29, 0.717) is 0 Å². The third kappa shape index (κ3) is 2.29. The zero-order chi connectivity index (χ0) is 11.6. The third-order valence-corrected chi connectivity index (χ3v) is 1.87. The number of carbonyl (C=O) groups is 1. The van der Waals surface area contributed by atoms with Crippen molar-refractivity contribution in [3.05, 3.63) is 33.9 Å². The van der Waals surface area contributed by atoms with Gasteiger partial charge in [0.2, 0.25) is 0 Å². The highest BCUT2D eigenvalue weighted by molar-refractivity contribution is 6.00. The molecule has 80 valence electrons. The highest BCUT2D eigenvalue weighted by Gasteiger charge is 2.17. The van der Waals surface area contributed by atoms with E-state index in [1.54, 1.807) is 0 Å². The lowest BCUT2D eigenvalue weighted by Gasteiger charge is -2.04. The van der Waals surface area contributed by atoms with Gasteiger partial charge in [-0.05, 0) is 19.1 Å². The molecule has 3 N–H and O–H groups in total. The highest BCUT2D eigenvalue weighted by Crippen LogP contribution is 2.26. The second-order valence-electron chi connectivity index (χ2n) is 3.11. The molecule has 1 unspecified atom stereocenters. The number of Topliss-reactive ketones (excluding diaryl/α,β-unsaturated/α-hetero) is 1. The fourth-order valence-electron chi connectivity index (χ4n) is 1.09. The SMILES string of the molecule is CC(N)C(=O)c1ccc([N+](=O)[O-])c(O)c1. The fourth-order valence-corrected chi connectivity index (χ4v) is 1.09. The summed E-state index contributed by atoms with van der Waals surface area (Å²) in [4.78, 5) is 21.0. The first kappa shape index (κ1) is 11.1. The minimum atomic E-state index is -0.727. The van der Waals surface area contributed by atoms with Crippen LogP contribution in [0.2, 0.25) is 0 Å². The van der Waals surface area contributed by atoms with Gasteiger partial charge in [0.05, 0.1) is 11.0 Å². The van der Waals surface area contributed by atoms with E-state index in [0.717, 1.165) is 12.1 Å². The molecule has 6 nitrogen and oxygen atoms in total. The molecule has 0 fully saturated rings. The second-order valence-corrected chi connectivity index (χ2v) is 3.11. The predicted octanol–water partition coefficient (Wildman–Crippen LogP) is 0.830. The average Bonchev–Trinajstić information content (AvgIpc) is 2.15. The number of nitro benzene ring substituents is 1. The highest BCUT2D eigenvalue weighted by atomic mass is 16.6. The molecule has 1 aromatic rings. The molecule has 1 rings (SSSR count). The Morgan fingerprint density at radius 2 is 2.20 bits per heavy atom. The van der Waals surface area contributed by atoms with Gasteiger partial charge in [0.25, 0.3) is 0 Å². The van der Waals surface area contributed by atoms with Gasteiger partial charge in [-0.2, -0.15) is 0 Å². The van der Waals surface area contributed by atoms with Crippen LogP contribution >= 0.6 is 0 Å². The van der Waals surface area contributed by atoms with Crippen LogP contribution in [0.15, 0.2) is 18.2 Å². The van der Waals surface area contributed by atoms with Crippen LogP contribution in [0, 0.1) is 10.1 Å². The van der Waals surface area contributed by atoms with E-state index in [-0.39, 0.29) is 11.3 Å². The Kier molecular flexibility index (Phi) is 3.01. The maximum Gasteiger partial charge on any atom is 0.310 e. The van der Waals surface area contributed by atoms with Crippen LogP contribution in [-0.4, -0.2) is 21.9 Å². The molecule has 1 aromatic carbocycles. The quantitative estimate of drug-likeness (QED) is 0.436. The van der Waals surface area contributed by atoms with E-state index in [1.807, 2.05) is 0 Å². The van der Waals surface area contributed by atoms with Crippen molar-refractivity contribution in [1.82, 2.24) is 0 Å². The minimum Gasteiger partial charge on any atom is -0.502 e. The summed E-state index contributed by atoms with van der Waals surface area (Å²) in [6, 6.07) is 2.68. The van der Waals surface area contributed by atoms with Gasteiger partial charge in [0.1, 0.15) is 0 Å². The molecule has 0 aromatic heterocycles. The Bertz CT molecular complexity index is 415. The Hall–Kier alpha value is -1.95. The van der Waals surface area contributed by atoms with Crippen LogP contribution in [0.1, 0.15) is 17.3 Å². The molecule has 0 heterocycles. The first-order valence-electron chi connectivity index (χ1n) is 4.20. The first-order chi connectivity index (χ1) is 6.93. The van der Waals surface area contributed by atoms with Gasteiger partial charge in [-0.1, -0.05) is 0 Å². The lowest BCUT2D eigenvalue weighted by Crippen LogP contribution is -2.26. The molecule has 6 heteroatoms. The Morgan fingerprint density at radius 1 is 1.60 bits per heavy atom. The average molecular weight is 210 g/mol. The summed E-state index contributed by atoms with van der Waals surface area (Å²) in [6.07, 6.45) is 0. The standard InChI is InChI=1S/C9H10N2O4/c1-5(10)9(13)6-2-3-7(11(14)15)8(12)4-6/h2-5,12H,10H2,1H3. The van der Waals surface area contributed by atoms with Gasteiger partial charge in [0, 0.05) is 11.6 Å². The summed E-state index contributed by atoms with van der Waals surface area (Å²) in [6.45, 7) is 1.50. The molecule has 0 saturated carbocycles. The zero-order valence-electron chi connectivity index (χ0n) is 8.01. The number of rotatable bonds is 3. The molecule has 0 aliphatic rings. The molecule has 0 aliphatic heterocycles. The van der Waals surface area contributed by atoms with Crippen molar-refractivity contribution in [1.29, 1.82) is 0 Å². The molecule has 0 saturated heterocycles. The van der Waals surface area contributed by atoms with Crippen molar-refractivity contribution >= 4 is 11.5 Å². The van der Waals surface area contributed by atoms with Crippen molar-refractivity contribution in [2.24, 2.45) is 5.73 Å². The van der Waals surface area contributed by atoms with Crippen molar-refractivity contribution in [3.8, 4) is 5.75 Å². The van der Waals surface area contributed by atoms with E-state index >= 15 is 0 Å². The number of carbonyl (C=O) groups excluding carboxylic acids is 1. The van der Waals surface area contributed by atoms with Crippen LogP contribution in [-0.2, 0) is 0 Å². The Morgan fingerprint density at radius 3 is 2.60 bits per heavy atom. The summed E-state index contributed by atoms with van der Waals surface area (Å²) in [7, 11) is 0. The smallest absolute Gasteiger partial charge is 0.310 e. The number of ketones is 1. The largest absolute Gasteiger partial charge is 0.502 e. The van der Waals surface area contributed by atoms with Crippen molar-refractivity contribution in [2.75, 3.05) is 0 Å². The molecule has 1 atom stereocenters. The molecular weight excluding hydrogens is 200 g/mol. The van der Waals surface area contributed by atoms with E-state index in [1.165, 1.54) is 13.0 Å². The fraction of sp³-hybridized carbons (Fsp3) is 0.222. The molecule has 15 heavy (non-hydrogen) atoms. The number of benzene rings is 1. The second kappa shape index (κ2) is 4.05. The van der Waals surface area contributed by atoms with Gasteiger partial charge < -0.3 is 10.8 Å². The molecule has 0 spiro atoms. The van der Waals surface area contributed by atoms with Crippen LogP contribution in [0.4, 0.5) is 5.69 Å². The van der Waals surface area contributed by atoms with Crippen LogP contribution < -0.4 is 5.73 Å². The molecule has 0 amide bonds. The van der Waals surface area contributed by atoms with Crippen LogP contribution in [0.25, 0.3) is 0 Å². The van der Waals surface area contributed by atoms with E-state index < -0.39 is 22.4 Å². The number of phenolic OH excluding ortho intramolecular Hbond substituents is 1. The number of nitrogens with zero attached hydrogens (tertiary/aromatic N) is 1. The number of hydrogen-bond acceptors (Lipinski definition) is 5. The monoisotopic (exact) mass is 210 g/mol. The Labute approximate surface area is 85.5 Å². The minimum absolute atomic E-state index is 0.160. The van der Waals surface area contributed by atoms with Gasteiger partial charge in [-0.3, -0.25) is 14.9 Å². The number of nitrogens with two attached hydrogens (primary N) is 1. The summed E-state index contributed by atoms with van der Waals surface area (Å²) in [5.74, 6) is -0.910. The van der Waals surface area contributed by atoms with E-state index in [4.69, 9.17) is 5.73 Å². The van der Waals surface area contributed by atoms with Crippen LogP contribution in [0.5, 0.6) is 5.75 Å². The molecule has 0 bridgehead atoms.